The Balaban J connectivity index is 2.13. The number of rotatable bonds is 5. The fourth-order valence-corrected chi connectivity index (χ4v) is 3.54. The molecule has 1 aliphatic rings. The van der Waals surface area contributed by atoms with E-state index in [4.69, 9.17) is 23.8 Å². The van der Waals surface area contributed by atoms with E-state index in [0.717, 1.165) is 5.56 Å². The molecular weight excluding hydrogens is 352 g/mol. The fourth-order valence-electron chi connectivity index (χ4n) is 2.16. The first-order valence-electron chi connectivity index (χ1n) is 7.25. The number of likely N-dealkylation sites (N-methyl/N-ethyl adjacent to an activating group) is 1. The predicted molar refractivity (Wildman–Crippen MR) is 99.3 cm³/mol. The molecule has 0 radical (unpaired) electrons. The van der Waals surface area contributed by atoms with Gasteiger partial charge in [-0.3, -0.25) is 14.5 Å². The zero-order chi connectivity index (χ0) is 17.0. The fraction of sp³-hybridized carbons (Fsp3) is 0.312. The molecule has 0 saturated carbocycles. The lowest BCUT2D eigenvalue weighted by Gasteiger charge is -2.22. The number of hydrogen-bond acceptors (Lipinski definition) is 4. The zero-order valence-electron chi connectivity index (χ0n) is 12.9. The summed E-state index contributed by atoms with van der Waals surface area (Å²) in [7, 11) is 0. The van der Waals surface area contributed by atoms with Gasteiger partial charge in [0.15, 0.2) is 0 Å². The van der Waals surface area contributed by atoms with Gasteiger partial charge in [0.2, 0.25) is 5.91 Å². The molecule has 1 aromatic rings. The maximum atomic E-state index is 12.5. The Bertz CT molecular complexity index is 655. The van der Waals surface area contributed by atoms with Gasteiger partial charge in [-0.1, -0.05) is 47.7 Å². The second-order valence-corrected chi connectivity index (χ2v) is 7.00. The van der Waals surface area contributed by atoms with Gasteiger partial charge in [-0.15, -0.1) is 0 Å². The number of carbonyl (C=O) groups is 2. The average molecular weight is 369 g/mol. The molecule has 1 aliphatic heterocycles. The van der Waals surface area contributed by atoms with E-state index in [9.17, 15) is 9.59 Å². The average Bonchev–Trinajstić information content (AvgIpc) is 2.78. The number of halogens is 1. The molecule has 1 fully saturated rings. The Labute approximate surface area is 150 Å². The molecule has 2 amide bonds. The first kappa shape index (κ1) is 18.0. The molecule has 0 aliphatic carbocycles. The zero-order valence-corrected chi connectivity index (χ0v) is 15.3. The molecule has 0 bridgehead atoms. The summed E-state index contributed by atoms with van der Waals surface area (Å²) >= 11 is 12.3. The molecule has 7 heteroatoms. The summed E-state index contributed by atoms with van der Waals surface area (Å²) in [6.45, 7) is 5.04. The number of thiocarbonyl (C=S) groups is 1. The van der Waals surface area contributed by atoms with Crippen molar-refractivity contribution in [2.24, 2.45) is 0 Å². The van der Waals surface area contributed by atoms with Crippen LogP contribution in [0.2, 0.25) is 5.02 Å². The lowest BCUT2D eigenvalue weighted by molar-refractivity contribution is -0.135. The van der Waals surface area contributed by atoms with Crippen LogP contribution >= 0.6 is 35.6 Å². The molecule has 0 atom stereocenters. The lowest BCUT2D eigenvalue weighted by Crippen LogP contribution is -2.41. The van der Waals surface area contributed by atoms with E-state index in [1.807, 2.05) is 26.0 Å². The summed E-state index contributed by atoms with van der Waals surface area (Å²) in [6, 6.07) is 7.18. The van der Waals surface area contributed by atoms with Gasteiger partial charge in [0.1, 0.15) is 10.9 Å². The van der Waals surface area contributed by atoms with Crippen LogP contribution in [-0.2, 0) is 9.59 Å². The number of benzene rings is 1. The summed E-state index contributed by atoms with van der Waals surface area (Å²) in [6.07, 6.45) is 1.76. The Morgan fingerprint density at radius 2 is 1.91 bits per heavy atom. The molecule has 1 aromatic carbocycles. The van der Waals surface area contributed by atoms with Gasteiger partial charge in [0.05, 0.1) is 4.91 Å². The second-order valence-electron chi connectivity index (χ2n) is 4.89. The highest BCUT2D eigenvalue weighted by atomic mass is 35.5. The van der Waals surface area contributed by atoms with E-state index in [1.165, 1.54) is 16.7 Å². The van der Waals surface area contributed by atoms with Gasteiger partial charge in [-0.2, -0.15) is 0 Å². The van der Waals surface area contributed by atoms with Gasteiger partial charge < -0.3 is 4.90 Å². The smallest absolute Gasteiger partial charge is 0.266 e. The predicted octanol–water partition coefficient (Wildman–Crippen LogP) is 3.41. The molecule has 122 valence electrons. The summed E-state index contributed by atoms with van der Waals surface area (Å²) in [5.74, 6) is -0.325. The number of hydrogen-bond donors (Lipinski definition) is 0. The van der Waals surface area contributed by atoms with Crippen LogP contribution in [0.1, 0.15) is 19.4 Å². The molecule has 0 aromatic heterocycles. The van der Waals surface area contributed by atoms with Crippen molar-refractivity contribution >= 4 is 57.8 Å². The molecule has 23 heavy (non-hydrogen) atoms. The van der Waals surface area contributed by atoms with Crippen LogP contribution in [0, 0.1) is 0 Å². The topological polar surface area (TPSA) is 40.6 Å². The third kappa shape index (κ3) is 4.34. The van der Waals surface area contributed by atoms with E-state index in [2.05, 4.69) is 0 Å². The highest BCUT2D eigenvalue weighted by Gasteiger charge is 2.34. The molecule has 0 spiro atoms. The molecule has 4 nitrogen and oxygen atoms in total. The summed E-state index contributed by atoms with van der Waals surface area (Å²) in [4.78, 5) is 28.2. The SMILES string of the molecule is CCN(CC)C(=O)CN1C(=O)C(=Cc2ccc(Cl)cc2)SC1=S. The van der Waals surface area contributed by atoms with Crippen molar-refractivity contribution in [2.75, 3.05) is 19.6 Å². The van der Waals surface area contributed by atoms with Crippen LogP contribution in [0.25, 0.3) is 6.08 Å². The summed E-state index contributed by atoms with van der Waals surface area (Å²) in [5, 5.41) is 0.638. The third-order valence-electron chi connectivity index (χ3n) is 3.45. The normalized spacial score (nSPS) is 16.3. The highest BCUT2D eigenvalue weighted by molar-refractivity contribution is 8.26. The molecule has 0 unspecified atom stereocenters. The van der Waals surface area contributed by atoms with Crippen LogP contribution in [0.4, 0.5) is 0 Å². The first-order chi connectivity index (χ1) is 11.0. The van der Waals surface area contributed by atoms with Gasteiger partial charge in [0, 0.05) is 18.1 Å². The maximum Gasteiger partial charge on any atom is 0.266 e. The van der Waals surface area contributed by atoms with Crippen molar-refractivity contribution in [3.63, 3.8) is 0 Å². The summed E-state index contributed by atoms with van der Waals surface area (Å²) < 4.78 is 0.413. The molecular formula is C16H17ClN2O2S2. The molecule has 2 rings (SSSR count). The van der Waals surface area contributed by atoms with Crippen LogP contribution in [0.3, 0.4) is 0 Å². The van der Waals surface area contributed by atoms with Crippen molar-refractivity contribution < 1.29 is 9.59 Å². The van der Waals surface area contributed by atoms with Crippen molar-refractivity contribution in [2.45, 2.75) is 13.8 Å². The van der Waals surface area contributed by atoms with Crippen molar-refractivity contribution in [1.82, 2.24) is 9.80 Å². The molecule has 0 N–H and O–H groups in total. The van der Waals surface area contributed by atoms with E-state index < -0.39 is 0 Å². The van der Waals surface area contributed by atoms with E-state index >= 15 is 0 Å². The number of nitrogens with zero attached hydrogens (tertiary/aromatic N) is 2. The van der Waals surface area contributed by atoms with Crippen molar-refractivity contribution in [1.29, 1.82) is 0 Å². The van der Waals surface area contributed by atoms with Crippen LogP contribution in [-0.4, -0.2) is 45.6 Å². The third-order valence-corrected chi connectivity index (χ3v) is 5.08. The van der Waals surface area contributed by atoms with Gasteiger partial charge >= 0.3 is 0 Å². The summed E-state index contributed by atoms with van der Waals surface area (Å²) in [5.41, 5.74) is 0.866. The van der Waals surface area contributed by atoms with Gasteiger partial charge in [-0.25, -0.2) is 0 Å². The number of carbonyl (C=O) groups excluding carboxylic acids is 2. The number of thioether (sulfide) groups is 1. The van der Waals surface area contributed by atoms with E-state index in [1.54, 1.807) is 23.1 Å². The maximum absolute atomic E-state index is 12.5. The standard InChI is InChI=1S/C16H17ClN2O2S2/c1-3-18(4-2)14(20)10-19-15(21)13(23-16(19)22)9-11-5-7-12(17)8-6-11/h5-9H,3-4,10H2,1-2H3. The Kier molecular flexibility index (Phi) is 6.21. The lowest BCUT2D eigenvalue weighted by atomic mass is 10.2. The minimum Gasteiger partial charge on any atom is -0.342 e. The van der Waals surface area contributed by atoms with Crippen molar-refractivity contribution in [3.8, 4) is 0 Å². The second kappa shape index (κ2) is 7.95. The van der Waals surface area contributed by atoms with Gasteiger partial charge in [-0.05, 0) is 37.6 Å². The van der Waals surface area contributed by atoms with Crippen LogP contribution in [0.5, 0.6) is 0 Å². The monoisotopic (exact) mass is 368 g/mol. The van der Waals surface area contributed by atoms with Crippen molar-refractivity contribution in [3.05, 3.63) is 39.8 Å². The van der Waals surface area contributed by atoms with Crippen LogP contribution in [0.15, 0.2) is 29.2 Å². The van der Waals surface area contributed by atoms with Crippen LogP contribution < -0.4 is 0 Å². The van der Waals surface area contributed by atoms with E-state index in [-0.39, 0.29) is 18.4 Å². The Hall–Kier alpha value is -1.37. The highest BCUT2D eigenvalue weighted by Crippen LogP contribution is 2.32. The molecule has 1 heterocycles. The Morgan fingerprint density at radius 1 is 1.30 bits per heavy atom. The van der Waals surface area contributed by atoms with E-state index in [0.29, 0.717) is 27.3 Å². The largest absolute Gasteiger partial charge is 0.342 e. The van der Waals surface area contributed by atoms with Gasteiger partial charge in [0.25, 0.3) is 5.91 Å². The first-order valence-corrected chi connectivity index (χ1v) is 8.85. The minimum absolute atomic E-state index is 0.00962. The minimum atomic E-state index is -0.226. The Morgan fingerprint density at radius 3 is 2.48 bits per heavy atom. The number of amides is 2. The quantitative estimate of drug-likeness (QED) is 0.590. The molecule has 1 saturated heterocycles.